The zero-order valence-electron chi connectivity index (χ0n) is 15.9. The van der Waals surface area contributed by atoms with Crippen LogP contribution in [0.1, 0.15) is 30.5 Å². The third-order valence-electron chi connectivity index (χ3n) is 5.33. The summed E-state index contributed by atoms with van der Waals surface area (Å²) in [6.07, 6.45) is 0.979. The van der Waals surface area contributed by atoms with Crippen molar-refractivity contribution in [3.05, 3.63) is 70.7 Å². The van der Waals surface area contributed by atoms with Crippen LogP contribution in [0.4, 0.5) is 0 Å². The molecule has 3 rings (SSSR count). The molecule has 0 aliphatic carbocycles. The van der Waals surface area contributed by atoms with E-state index in [4.69, 9.17) is 17.3 Å². The number of halogens is 1. The van der Waals surface area contributed by atoms with Gasteiger partial charge < -0.3 is 10.6 Å². The van der Waals surface area contributed by atoms with Crippen molar-refractivity contribution in [1.29, 1.82) is 0 Å². The van der Waals surface area contributed by atoms with Gasteiger partial charge in [0.05, 0.1) is 5.92 Å². The van der Waals surface area contributed by atoms with E-state index in [-0.39, 0.29) is 17.9 Å². The van der Waals surface area contributed by atoms with E-state index in [1.165, 1.54) is 5.56 Å². The summed E-state index contributed by atoms with van der Waals surface area (Å²) in [6, 6.07) is 17.6. The topological polar surface area (TPSA) is 49.6 Å². The second kappa shape index (κ2) is 9.36. The van der Waals surface area contributed by atoms with E-state index in [2.05, 4.69) is 17.0 Å². The number of rotatable bonds is 5. The minimum Gasteiger partial charge on any atom is -0.341 e. The lowest BCUT2D eigenvalue weighted by Crippen LogP contribution is -2.41. The van der Waals surface area contributed by atoms with Gasteiger partial charge in [-0.05, 0) is 29.7 Å². The van der Waals surface area contributed by atoms with Crippen molar-refractivity contribution < 1.29 is 4.79 Å². The first-order chi connectivity index (χ1) is 13.0. The van der Waals surface area contributed by atoms with E-state index in [1.807, 2.05) is 54.3 Å². The van der Waals surface area contributed by atoms with Crippen molar-refractivity contribution in [2.24, 2.45) is 11.7 Å². The first kappa shape index (κ1) is 19.9. The summed E-state index contributed by atoms with van der Waals surface area (Å²) < 4.78 is 0. The van der Waals surface area contributed by atoms with Crippen LogP contribution in [0.2, 0.25) is 5.02 Å². The Balaban J connectivity index is 1.56. The zero-order valence-corrected chi connectivity index (χ0v) is 16.6. The van der Waals surface area contributed by atoms with Crippen molar-refractivity contribution >= 4 is 17.5 Å². The molecule has 1 aliphatic rings. The molecule has 27 heavy (non-hydrogen) atoms. The third kappa shape index (κ3) is 5.32. The molecule has 0 saturated carbocycles. The monoisotopic (exact) mass is 385 g/mol. The molecular weight excluding hydrogens is 358 g/mol. The highest BCUT2D eigenvalue weighted by Gasteiger charge is 2.28. The Bertz CT molecular complexity index is 735. The zero-order chi connectivity index (χ0) is 19.2. The van der Waals surface area contributed by atoms with Crippen LogP contribution in [0, 0.1) is 5.92 Å². The smallest absolute Gasteiger partial charge is 0.227 e. The van der Waals surface area contributed by atoms with Crippen molar-refractivity contribution in [2.75, 3.05) is 26.2 Å². The van der Waals surface area contributed by atoms with E-state index >= 15 is 0 Å². The van der Waals surface area contributed by atoms with Gasteiger partial charge >= 0.3 is 0 Å². The SMILES string of the molecule is CC(C(=O)N1CCCN(Cc2ccc(Cl)cc2)CC1)C(N)c1ccccc1. The van der Waals surface area contributed by atoms with Gasteiger partial charge in [-0.25, -0.2) is 0 Å². The van der Waals surface area contributed by atoms with Gasteiger partial charge in [-0.2, -0.15) is 0 Å². The predicted octanol–water partition coefficient (Wildman–Crippen LogP) is 3.71. The average molecular weight is 386 g/mol. The first-order valence-electron chi connectivity index (χ1n) is 9.60. The van der Waals surface area contributed by atoms with E-state index in [9.17, 15) is 4.79 Å². The quantitative estimate of drug-likeness (QED) is 0.853. The minimum absolute atomic E-state index is 0.152. The van der Waals surface area contributed by atoms with Crippen LogP contribution in [0.15, 0.2) is 54.6 Å². The van der Waals surface area contributed by atoms with Gasteiger partial charge in [0.15, 0.2) is 0 Å². The molecule has 1 aliphatic heterocycles. The number of carbonyl (C=O) groups excluding carboxylic acids is 1. The van der Waals surface area contributed by atoms with Crippen LogP contribution in [-0.2, 0) is 11.3 Å². The van der Waals surface area contributed by atoms with Gasteiger partial charge in [0, 0.05) is 43.8 Å². The summed E-state index contributed by atoms with van der Waals surface area (Å²) in [5, 5.41) is 0.759. The minimum atomic E-state index is -0.271. The number of benzene rings is 2. The maximum atomic E-state index is 13.0. The summed E-state index contributed by atoms with van der Waals surface area (Å²) >= 11 is 5.97. The van der Waals surface area contributed by atoms with Crippen LogP contribution in [0.5, 0.6) is 0 Å². The number of hydrogen-bond donors (Lipinski definition) is 1. The van der Waals surface area contributed by atoms with Crippen LogP contribution >= 0.6 is 11.6 Å². The molecular formula is C22H28ClN3O. The van der Waals surface area contributed by atoms with Crippen molar-refractivity contribution in [3.8, 4) is 0 Å². The average Bonchev–Trinajstić information content (AvgIpc) is 2.94. The first-order valence-corrected chi connectivity index (χ1v) is 9.98. The molecule has 1 heterocycles. The van der Waals surface area contributed by atoms with Crippen LogP contribution < -0.4 is 5.73 Å². The molecule has 4 nitrogen and oxygen atoms in total. The second-order valence-corrected chi connectivity index (χ2v) is 7.74. The number of nitrogens with two attached hydrogens (primary N) is 1. The maximum absolute atomic E-state index is 13.0. The summed E-state index contributed by atoms with van der Waals surface area (Å²) in [4.78, 5) is 17.4. The summed E-state index contributed by atoms with van der Waals surface area (Å²) in [7, 11) is 0. The molecule has 2 atom stereocenters. The lowest BCUT2D eigenvalue weighted by atomic mass is 9.94. The van der Waals surface area contributed by atoms with E-state index in [0.29, 0.717) is 0 Å². The molecule has 1 amide bonds. The van der Waals surface area contributed by atoms with E-state index in [1.54, 1.807) is 0 Å². The summed E-state index contributed by atoms with van der Waals surface area (Å²) in [5.74, 6) is -0.0742. The third-order valence-corrected chi connectivity index (χ3v) is 5.58. The fourth-order valence-corrected chi connectivity index (χ4v) is 3.73. The molecule has 2 aromatic rings. The molecule has 2 N–H and O–H groups in total. The normalized spacial score (nSPS) is 18.0. The van der Waals surface area contributed by atoms with Crippen LogP contribution in [-0.4, -0.2) is 41.9 Å². The van der Waals surface area contributed by atoms with Gasteiger partial charge in [0.1, 0.15) is 0 Å². The summed E-state index contributed by atoms with van der Waals surface area (Å²) in [5.41, 5.74) is 8.62. The molecule has 0 aromatic heterocycles. The summed E-state index contributed by atoms with van der Waals surface area (Å²) in [6.45, 7) is 6.24. The molecule has 0 radical (unpaired) electrons. The highest BCUT2D eigenvalue weighted by molar-refractivity contribution is 6.30. The fourth-order valence-electron chi connectivity index (χ4n) is 3.60. The molecule has 1 fully saturated rings. The number of amides is 1. The Labute approximate surface area is 166 Å². The van der Waals surface area contributed by atoms with Crippen molar-refractivity contribution in [3.63, 3.8) is 0 Å². The Hall–Kier alpha value is -1.88. The molecule has 144 valence electrons. The Morgan fingerprint density at radius 1 is 1.04 bits per heavy atom. The lowest BCUT2D eigenvalue weighted by Gasteiger charge is -2.28. The van der Waals surface area contributed by atoms with Crippen LogP contribution in [0.3, 0.4) is 0 Å². The standard InChI is InChI=1S/C22H28ClN3O/c1-17(21(24)19-6-3-2-4-7-19)22(27)26-13-5-12-25(14-15-26)16-18-8-10-20(23)11-9-18/h2-4,6-11,17,21H,5,12-16,24H2,1H3. The van der Waals surface area contributed by atoms with Crippen molar-refractivity contribution in [2.45, 2.75) is 25.9 Å². The van der Waals surface area contributed by atoms with E-state index < -0.39 is 0 Å². The van der Waals surface area contributed by atoms with Gasteiger partial charge in [-0.1, -0.05) is 61.0 Å². The Morgan fingerprint density at radius 3 is 2.44 bits per heavy atom. The van der Waals surface area contributed by atoms with Gasteiger partial charge in [0.25, 0.3) is 0 Å². The number of nitrogens with zero attached hydrogens (tertiary/aromatic N) is 2. The Kier molecular flexibility index (Phi) is 6.89. The van der Waals surface area contributed by atoms with Crippen molar-refractivity contribution in [1.82, 2.24) is 9.80 Å². The van der Waals surface area contributed by atoms with Gasteiger partial charge in [-0.15, -0.1) is 0 Å². The Morgan fingerprint density at radius 2 is 1.74 bits per heavy atom. The highest BCUT2D eigenvalue weighted by atomic mass is 35.5. The fraction of sp³-hybridized carbons (Fsp3) is 0.409. The largest absolute Gasteiger partial charge is 0.341 e. The predicted molar refractivity (Wildman–Crippen MR) is 110 cm³/mol. The highest BCUT2D eigenvalue weighted by Crippen LogP contribution is 2.22. The number of hydrogen-bond acceptors (Lipinski definition) is 3. The number of carbonyl (C=O) groups is 1. The van der Waals surface area contributed by atoms with Gasteiger partial charge in [-0.3, -0.25) is 9.69 Å². The molecule has 5 heteroatoms. The second-order valence-electron chi connectivity index (χ2n) is 7.31. The molecule has 0 spiro atoms. The molecule has 2 unspecified atom stereocenters. The maximum Gasteiger partial charge on any atom is 0.227 e. The van der Waals surface area contributed by atoms with Gasteiger partial charge in [0.2, 0.25) is 5.91 Å². The molecule has 2 aromatic carbocycles. The molecule has 0 bridgehead atoms. The lowest BCUT2D eigenvalue weighted by molar-refractivity contribution is -0.135. The van der Waals surface area contributed by atoms with E-state index in [0.717, 1.165) is 49.7 Å². The molecule has 1 saturated heterocycles. The van der Waals surface area contributed by atoms with Crippen LogP contribution in [0.25, 0.3) is 0 Å².